The van der Waals surface area contributed by atoms with Crippen molar-refractivity contribution >= 4 is 18.0 Å². The second-order valence-corrected chi connectivity index (χ2v) is 4.07. The zero-order chi connectivity index (χ0) is 14.8. The van der Waals surface area contributed by atoms with Crippen LogP contribution in [0, 0.1) is 0 Å². The Morgan fingerprint density at radius 3 is 2.26 bits per heavy atom. The number of hydrogen-bond donors (Lipinski definition) is 1. The highest BCUT2D eigenvalue weighted by Gasteiger charge is 2.20. The van der Waals surface area contributed by atoms with Crippen molar-refractivity contribution in [1.29, 1.82) is 0 Å². The fourth-order valence-corrected chi connectivity index (χ4v) is 1.50. The molecule has 7 heteroatoms. The van der Waals surface area contributed by atoms with Gasteiger partial charge in [0.25, 0.3) is 0 Å². The van der Waals surface area contributed by atoms with Crippen LogP contribution in [0.5, 0.6) is 0 Å². The van der Waals surface area contributed by atoms with Crippen molar-refractivity contribution in [3.05, 3.63) is 0 Å². The van der Waals surface area contributed by atoms with E-state index in [9.17, 15) is 14.4 Å². The Balaban J connectivity index is 4.33. The van der Waals surface area contributed by atoms with Crippen molar-refractivity contribution in [3.8, 4) is 0 Å². The van der Waals surface area contributed by atoms with Gasteiger partial charge in [-0.2, -0.15) is 0 Å². The maximum absolute atomic E-state index is 12.0. The summed E-state index contributed by atoms with van der Waals surface area (Å²) in [6.45, 7) is 4.11. The number of nitrogens with zero attached hydrogens (tertiary/aromatic N) is 2. The Hall–Kier alpha value is -1.79. The molecule has 0 atom stereocenters. The van der Waals surface area contributed by atoms with Crippen LogP contribution < -0.4 is 0 Å². The van der Waals surface area contributed by atoms with Crippen LogP contribution in [0.1, 0.15) is 26.7 Å². The minimum Gasteiger partial charge on any atom is -0.480 e. The molecule has 110 valence electrons. The molecular formula is C12H22N2O5. The maximum atomic E-state index is 12.0. The molecule has 0 heterocycles. The third-order valence-electron chi connectivity index (χ3n) is 2.37. The summed E-state index contributed by atoms with van der Waals surface area (Å²) < 4.78 is 4.76. The third kappa shape index (κ3) is 7.28. The minimum atomic E-state index is -1.06. The third-order valence-corrected chi connectivity index (χ3v) is 2.37. The molecule has 0 bridgehead atoms. The molecule has 0 fully saturated rings. The number of rotatable bonds is 8. The van der Waals surface area contributed by atoms with Crippen LogP contribution in [-0.4, -0.2) is 66.2 Å². The van der Waals surface area contributed by atoms with Crippen molar-refractivity contribution in [2.24, 2.45) is 0 Å². The lowest BCUT2D eigenvalue weighted by molar-refractivity contribution is -0.143. The number of carboxylic acids is 1. The Labute approximate surface area is 113 Å². The zero-order valence-electron chi connectivity index (χ0n) is 11.7. The van der Waals surface area contributed by atoms with Crippen molar-refractivity contribution < 1.29 is 24.2 Å². The molecule has 0 aromatic rings. The number of hydrogen-bond acceptors (Lipinski definition) is 4. The van der Waals surface area contributed by atoms with Gasteiger partial charge in [-0.25, -0.2) is 4.79 Å². The summed E-state index contributed by atoms with van der Waals surface area (Å²) in [5.41, 5.74) is 0. The lowest BCUT2D eigenvalue weighted by Gasteiger charge is -2.26. The fraction of sp³-hybridized carbons (Fsp3) is 0.750. The highest BCUT2D eigenvalue weighted by Crippen LogP contribution is 2.01. The van der Waals surface area contributed by atoms with Crippen molar-refractivity contribution in [3.63, 3.8) is 0 Å². The topological polar surface area (TPSA) is 87.2 Å². The average Bonchev–Trinajstić information content (AvgIpc) is 2.34. The summed E-state index contributed by atoms with van der Waals surface area (Å²) in [5, 5.41) is 8.74. The SMILES string of the molecule is CCCN(CC(=O)O)C(=O)N(C)CCC(=O)OCC. The molecule has 0 saturated carbocycles. The van der Waals surface area contributed by atoms with Gasteiger partial charge in [0.15, 0.2) is 0 Å². The second-order valence-electron chi connectivity index (χ2n) is 4.07. The molecule has 0 spiro atoms. The van der Waals surface area contributed by atoms with Crippen LogP contribution in [0.2, 0.25) is 0 Å². The predicted molar refractivity (Wildman–Crippen MR) is 68.8 cm³/mol. The van der Waals surface area contributed by atoms with Crippen molar-refractivity contribution in [2.45, 2.75) is 26.7 Å². The molecule has 19 heavy (non-hydrogen) atoms. The molecule has 0 aliphatic rings. The lowest BCUT2D eigenvalue weighted by Crippen LogP contribution is -2.44. The monoisotopic (exact) mass is 274 g/mol. The zero-order valence-corrected chi connectivity index (χ0v) is 11.7. The summed E-state index contributed by atoms with van der Waals surface area (Å²) in [5.74, 6) is -1.43. The minimum absolute atomic E-state index is 0.100. The molecular weight excluding hydrogens is 252 g/mol. The summed E-state index contributed by atoms with van der Waals surface area (Å²) in [6, 6.07) is -0.395. The Morgan fingerprint density at radius 1 is 1.16 bits per heavy atom. The van der Waals surface area contributed by atoms with Gasteiger partial charge in [0.2, 0.25) is 0 Å². The normalized spacial score (nSPS) is 9.84. The number of ether oxygens (including phenoxy) is 1. The summed E-state index contributed by atoms with van der Waals surface area (Å²) >= 11 is 0. The van der Waals surface area contributed by atoms with Crippen molar-refractivity contribution in [1.82, 2.24) is 9.80 Å². The van der Waals surface area contributed by atoms with E-state index in [0.717, 1.165) is 0 Å². The molecule has 1 N–H and O–H groups in total. The average molecular weight is 274 g/mol. The van der Waals surface area contributed by atoms with Crippen LogP contribution in [0.25, 0.3) is 0 Å². The Morgan fingerprint density at radius 2 is 1.79 bits per heavy atom. The molecule has 0 radical (unpaired) electrons. The number of aliphatic carboxylic acids is 1. The first-order valence-corrected chi connectivity index (χ1v) is 6.29. The first-order chi connectivity index (χ1) is 8.92. The van der Waals surface area contributed by atoms with E-state index in [1.807, 2.05) is 6.92 Å². The van der Waals surface area contributed by atoms with E-state index in [0.29, 0.717) is 19.6 Å². The second kappa shape index (κ2) is 9.18. The molecule has 0 saturated heterocycles. The van der Waals surface area contributed by atoms with E-state index in [4.69, 9.17) is 9.84 Å². The number of amides is 2. The molecule has 0 unspecified atom stereocenters. The smallest absolute Gasteiger partial charge is 0.323 e. The number of carbonyl (C=O) groups excluding carboxylic acids is 2. The summed E-state index contributed by atoms with van der Waals surface area (Å²) in [6.07, 6.45) is 0.772. The summed E-state index contributed by atoms with van der Waals surface area (Å²) in [4.78, 5) is 36.4. The van der Waals surface area contributed by atoms with E-state index >= 15 is 0 Å². The van der Waals surface area contributed by atoms with Crippen LogP contribution in [0.4, 0.5) is 4.79 Å². The molecule has 7 nitrogen and oxygen atoms in total. The van der Waals surface area contributed by atoms with E-state index in [2.05, 4.69) is 0 Å². The quantitative estimate of drug-likeness (QED) is 0.661. The molecule has 0 rings (SSSR count). The number of esters is 1. The van der Waals surface area contributed by atoms with E-state index < -0.39 is 12.0 Å². The summed E-state index contributed by atoms with van der Waals surface area (Å²) in [7, 11) is 1.53. The number of carbonyl (C=O) groups is 3. The predicted octanol–water partition coefficient (Wildman–Crippen LogP) is 0.788. The highest BCUT2D eigenvalue weighted by atomic mass is 16.5. The van der Waals surface area contributed by atoms with Gasteiger partial charge in [-0.3, -0.25) is 9.59 Å². The van der Waals surface area contributed by atoms with Crippen LogP contribution in [-0.2, 0) is 14.3 Å². The molecule has 0 aromatic heterocycles. The first kappa shape index (κ1) is 17.2. The number of urea groups is 1. The Bertz CT molecular complexity index is 319. The van der Waals surface area contributed by atoms with Crippen LogP contribution in [0.15, 0.2) is 0 Å². The standard InChI is InChI=1S/C12H22N2O5/c1-4-7-14(9-10(15)16)12(18)13(3)8-6-11(17)19-5-2/h4-9H2,1-3H3,(H,15,16). The van der Waals surface area contributed by atoms with E-state index in [1.165, 1.54) is 16.8 Å². The van der Waals surface area contributed by atoms with Crippen molar-refractivity contribution in [2.75, 3.05) is 33.3 Å². The maximum Gasteiger partial charge on any atom is 0.323 e. The van der Waals surface area contributed by atoms with Gasteiger partial charge in [0.05, 0.1) is 13.0 Å². The molecule has 0 aliphatic heterocycles. The van der Waals surface area contributed by atoms with E-state index in [-0.39, 0.29) is 25.5 Å². The Kier molecular flexibility index (Phi) is 8.32. The number of carboxylic acid groups (broad SMARTS) is 1. The van der Waals surface area contributed by atoms with Gasteiger partial charge in [0, 0.05) is 20.1 Å². The van der Waals surface area contributed by atoms with Gasteiger partial charge in [-0.15, -0.1) is 0 Å². The fourth-order valence-electron chi connectivity index (χ4n) is 1.50. The molecule has 0 aromatic carbocycles. The van der Waals surface area contributed by atoms with Crippen LogP contribution in [0.3, 0.4) is 0 Å². The van der Waals surface area contributed by atoms with Gasteiger partial charge in [0.1, 0.15) is 6.54 Å². The highest BCUT2D eigenvalue weighted by molar-refractivity contribution is 5.80. The first-order valence-electron chi connectivity index (χ1n) is 6.29. The largest absolute Gasteiger partial charge is 0.480 e. The van der Waals surface area contributed by atoms with Gasteiger partial charge < -0.3 is 19.6 Å². The lowest BCUT2D eigenvalue weighted by atomic mass is 10.4. The van der Waals surface area contributed by atoms with Gasteiger partial charge in [-0.1, -0.05) is 6.92 Å². The molecule has 2 amide bonds. The van der Waals surface area contributed by atoms with E-state index in [1.54, 1.807) is 6.92 Å². The van der Waals surface area contributed by atoms with Gasteiger partial charge >= 0.3 is 18.0 Å². The van der Waals surface area contributed by atoms with Crippen LogP contribution >= 0.6 is 0 Å². The van der Waals surface area contributed by atoms with Gasteiger partial charge in [-0.05, 0) is 13.3 Å². The molecule has 0 aliphatic carbocycles.